The molecular weight excluding hydrogens is 188 g/mol. The summed E-state index contributed by atoms with van der Waals surface area (Å²) in [4.78, 5) is 10.5. The van der Waals surface area contributed by atoms with Crippen LogP contribution in [0.25, 0.3) is 0 Å². The topological polar surface area (TPSA) is 26.3 Å². The van der Waals surface area contributed by atoms with E-state index in [9.17, 15) is 4.79 Å². The Hall–Kier alpha value is -1.15. The molecule has 1 aliphatic heterocycles. The first-order valence-corrected chi connectivity index (χ1v) is 5.42. The Kier molecular flexibility index (Phi) is 3.17. The Morgan fingerprint density at radius 2 is 2.33 bits per heavy atom. The summed E-state index contributed by atoms with van der Waals surface area (Å²) in [6, 6.07) is 8.52. The van der Waals surface area contributed by atoms with E-state index in [1.165, 1.54) is 11.1 Å². The zero-order valence-corrected chi connectivity index (χ0v) is 8.98. The van der Waals surface area contributed by atoms with Gasteiger partial charge in [0.1, 0.15) is 6.29 Å². The van der Waals surface area contributed by atoms with Crippen LogP contribution >= 0.6 is 0 Å². The van der Waals surface area contributed by atoms with Crippen molar-refractivity contribution in [1.82, 2.24) is 0 Å². The lowest BCUT2D eigenvalue weighted by molar-refractivity contribution is -0.108. The molecule has 80 valence electrons. The van der Waals surface area contributed by atoms with Crippen molar-refractivity contribution in [3.05, 3.63) is 35.4 Å². The van der Waals surface area contributed by atoms with Crippen molar-refractivity contribution in [2.75, 3.05) is 13.2 Å². The Balaban J connectivity index is 2.14. The Labute approximate surface area is 90.3 Å². The van der Waals surface area contributed by atoms with Gasteiger partial charge in [0.2, 0.25) is 0 Å². The van der Waals surface area contributed by atoms with Gasteiger partial charge >= 0.3 is 0 Å². The van der Waals surface area contributed by atoms with E-state index in [2.05, 4.69) is 31.2 Å². The van der Waals surface area contributed by atoms with Gasteiger partial charge in [0.25, 0.3) is 0 Å². The summed E-state index contributed by atoms with van der Waals surface area (Å²) in [6.07, 6.45) is 1.59. The maximum atomic E-state index is 10.5. The predicted octanol–water partition coefficient (Wildman–Crippen LogP) is 2.49. The third kappa shape index (κ3) is 2.26. The lowest BCUT2D eigenvalue weighted by Crippen LogP contribution is -2.25. The van der Waals surface area contributed by atoms with Gasteiger partial charge in [-0.3, -0.25) is 0 Å². The van der Waals surface area contributed by atoms with Gasteiger partial charge in [-0.05, 0) is 17.0 Å². The number of ether oxygens (including phenoxy) is 1. The zero-order valence-electron chi connectivity index (χ0n) is 8.98. The fraction of sp³-hybridized carbons (Fsp3) is 0.462. The van der Waals surface area contributed by atoms with Crippen LogP contribution in [0.15, 0.2) is 24.3 Å². The van der Waals surface area contributed by atoms with E-state index in [1.807, 2.05) is 0 Å². The second kappa shape index (κ2) is 4.58. The van der Waals surface area contributed by atoms with Crippen LogP contribution in [0.3, 0.4) is 0 Å². The second-order valence-corrected chi connectivity index (χ2v) is 4.21. The summed E-state index contributed by atoms with van der Waals surface area (Å²) >= 11 is 0. The molecule has 1 aromatic carbocycles. The van der Waals surface area contributed by atoms with Crippen LogP contribution in [0.2, 0.25) is 0 Å². The summed E-state index contributed by atoms with van der Waals surface area (Å²) in [5.74, 6) is 0.886. The number of hydrogen-bond acceptors (Lipinski definition) is 2. The van der Waals surface area contributed by atoms with Gasteiger partial charge in [-0.1, -0.05) is 31.2 Å². The predicted molar refractivity (Wildman–Crippen MR) is 59.1 cm³/mol. The van der Waals surface area contributed by atoms with Crippen molar-refractivity contribution in [3.8, 4) is 0 Å². The summed E-state index contributed by atoms with van der Waals surface area (Å²) in [7, 11) is 0. The number of benzene rings is 1. The Bertz CT molecular complexity index is 342. The van der Waals surface area contributed by atoms with Crippen LogP contribution in [0, 0.1) is 0 Å². The van der Waals surface area contributed by atoms with Crippen molar-refractivity contribution in [2.24, 2.45) is 0 Å². The van der Waals surface area contributed by atoms with Gasteiger partial charge in [-0.15, -0.1) is 0 Å². The first-order valence-electron chi connectivity index (χ1n) is 5.42. The van der Waals surface area contributed by atoms with E-state index < -0.39 is 0 Å². The van der Waals surface area contributed by atoms with Gasteiger partial charge in [0.15, 0.2) is 0 Å². The maximum absolute atomic E-state index is 10.5. The molecule has 0 bridgehead atoms. The van der Waals surface area contributed by atoms with Crippen LogP contribution < -0.4 is 0 Å². The average Bonchev–Trinajstić information content (AvgIpc) is 2.16. The molecule has 2 rings (SSSR count). The molecule has 1 unspecified atom stereocenters. The van der Waals surface area contributed by atoms with E-state index in [-0.39, 0.29) is 0 Å². The van der Waals surface area contributed by atoms with Crippen molar-refractivity contribution in [1.29, 1.82) is 0 Å². The lowest BCUT2D eigenvalue weighted by atomic mass is 9.91. The van der Waals surface area contributed by atoms with Crippen LogP contribution in [-0.2, 0) is 9.53 Å². The molecule has 0 amide bonds. The Morgan fingerprint density at radius 3 is 2.93 bits per heavy atom. The van der Waals surface area contributed by atoms with E-state index in [0.717, 1.165) is 19.5 Å². The highest BCUT2D eigenvalue weighted by Crippen LogP contribution is 2.27. The van der Waals surface area contributed by atoms with Crippen LogP contribution in [-0.4, -0.2) is 19.5 Å². The molecule has 1 fully saturated rings. The highest BCUT2D eigenvalue weighted by molar-refractivity contribution is 5.51. The molecule has 2 nitrogen and oxygen atoms in total. The zero-order chi connectivity index (χ0) is 10.7. The normalized spacial score (nSPS) is 18.2. The minimum absolute atomic E-state index is 0.323. The largest absolute Gasteiger partial charge is 0.380 e. The fourth-order valence-corrected chi connectivity index (χ4v) is 1.83. The molecular formula is C13H16O2. The van der Waals surface area contributed by atoms with Crippen LogP contribution in [0.1, 0.15) is 36.3 Å². The van der Waals surface area contributed by atoms with Crippen LogP contribution in [0.4, 0.5) is 0 Å². The second-order valence-electron chi connectivity index (χ2n) is 4.21. The molecule has 1 saturated heterocycles. The first-order chi connectivity index (χ1) is 7.31. The average molecular weight is 204 g/mol. The smallest absolute Gasteiger partial charge is 0.120 e. The van der Waals surface area contributed by atoms with Crippen molar-refractivity contribution in [2.45, 2.75) is 25.2 Å². The molecule has 0 saturated carbocycles. The van der Waals surface area contributed by atoms with Gasteiger partial charge in [0, 0.05) is 12.3 Å². The van der Waals surface area contributed by atoms with E-state index >= 15 is 0 Å². The number of carbonyl (C=O) groups excluding carboxylic acids is 1. The molecule has 1 aromatic rings. The third-order valence-corrected chi connectivity index (χ3v) is 3.04. The molecule has 0 aliphatic carbocycles. The molecule has 0 aromatic heterocycles. The van der Waals surface area contributed by atoms with Gasteiger partial charge in [0.05, 0.1) is 13.2 Å². The minimum atomic E-state index is 0.323. The van der Waals surface area contributed by atoms with E-state index in [0.29, 0.717) is 18.3 Å². The van der Waals surface area contributed by atoms with Gasteiger partial charge < -0.3 is 9.53 Å². The number of rotatable bonds is 4. The highest BCUT2D eigenvalue weighted by Gasteiger charge is 2.20. The summed E-state index contributed by atoms with van der Waals surface area (Å²) in [6.45, 7) is 3.77. The number of hydrogen-bond donors (Lipinski definition) is 0. The molecule has 1 heterocycles. The standard InChI is InChI=1S/C13H16O2/c1-10(5-6-14)11-3-2-4-12(7-11)13-8-15-9-13/h2-4,6-7,10,13H,5,8-9H2,1H3. The third-order valence-electron chi connectivity index (χ3n) is 3.04. The molecule has 1 atom stereocenters. The van der Waals surface area contributed by atoms with E-state index in [4.69, 9.17) is 4.74 Å². The molecule has 0 radical (unpaired) electrons. The molecule has 0 N–H and O–H groups in total. The molecule has 2 heteroatoms. The number of aldehydes is 1. The minimum Gasteiger partial charge on any atom is -0.380 e. The van der Waals surface area contributed by atoms with Gasteiger partial charge in [-0.25, -0.2) is 0 Å². The molecule has 1 aliphatic rings. The molecule has 0 spiro atoms. The number of carbonyl (C=O) groups is 1. The first kappa shape index (κ1) is 10.4. The Morgan fingerprint density at radius 1 is 1.53 bits per heavy atom. The van der Waals surface area contributed by atoms with Crippen molar-refractivity contribution >= 4 is 6.29 Å². The summed E-state index contributed by atoms with van der Waals surface area (Å²) in [5.41, 5.74) is 2.60. The van der Waals surface area contributed by atoms with E-state index in [1.54, 1.807) is 0 Å². The van der Waals surface area contributed by atoms with Gasteiger partial charge in [-0.2, -0.15) is 0 Å². The quantitative estimate of drug-likeness (QED) is 0.704. The van der Waals surface area contributed by atoms with Crippen molar-refractivity contribution in [3.63, 3.8) is 0 Å². The highest BCUT2D eigenvalue weighted by atomic mass is 16.5. The lowest BCUT2D eigenvalue weighted by Gasteiger charge is -2.27. The monoisotopic (exact) mass is 204 g/mol. The van der Waals surface area contributed by atoms with Crippen LogP contribution in [0.5, 0.6) is 0 Å². The summed E-state index contributed by atoms with van der Waals surface area (Å²) < 4.78 is 5.18. The van der Waals surface area contributed by atoms with Crippen molar-refractivity contribution < 1.29 is 9.53 Å². The fourth-order valence-electron chi connectivity index (χ4n) is 1.83. The molecule has 15 heavy (non-hydrogen) atoms. The maximum Gasteiger partial charge on any atom is 0.120 e. The summed E-state index contributed by atoms with van der Waals surface area (Å²) in [5, 5.41) is 0. The SMILES string of the molecule is CC(CC=O)c1cccc(C2COC2)c1.